The Morgan fingerprint density at radius 1 is 1.03 bits per heavy atom. The number of pyridine rings is 1. The molecule has 1 aliphatic carbocycles. The van der Waals surface area contributed by atoms with Crippen LogP contribution in [0.2, 0.25) is 0 Å². The molecule has 2 unspecified atom stereocenters. The van der Waals surface area contributed by atoms with Crippen LogP contribution in [-0.4, -0.2) is 68.5 Å². The zero-order valence-electron chi connectivity index (χ0n) is 21.6. The molecule has 3 amide bonds. The molecule has 39 heavy (non-hydrogen) atoms. The summed E-state index contributed by atoms with van der Waals surface area (Å²) in [5.41, 5.74) is 1.35. The molecule has 4 heterocycles. The van der Waals surface area contributed by atoms with Crippen LogP contribution in [0.15, 0.2) is 41.3 Å². The lowest BCUT2D eigenvalue weighted by molar-refractivity contribution is -0.133. The number of piperidine rings is 1. The monoisotopic (exact) mass is 538 g/mol. The van der Waals surface area contributed by atoms with Crippen LogP contribution in [0.25, 0.3) is 11.2 Å². The van der Waals surface area contributed by atoms with E-state index in [0.29, 0.717) is 63.4 Å². The van der Waals surface area contributed by atoms with Gasteiger partial charge in [0, 0.05) is 44.3 Å². The third-order valence-corrected chi connectivity index (χ3v) is 8.36. The minimum atomic E-state index is -0.892. The number of urea groups is 1. The lowest BCUT2D eigenvalue weighted by atomic mass is 9.93. The maximum absolute atomic E-state index is 14.6. The molecular formula is C28H32F2N6O3. The van der Waals surface area contributed by atoms with Crippen molar-refractivity contribution in [3.05, 3.63) is 64.2 Å². The first-order valence-electron chi connectivity index (χ1n) is 13.7. The third kappa shape index (κ3) is 5.14. The topological polar surface area (TPSA) is 103 Å². The molecule has 3 aliphatic rings. The van der Waals surface area contributed by atoms with Crippen LogP contribution in [0.1, 0.15) is 56.0 Å². The van der Waals surface area contributed by atoms with Gasteiger partial charge in [-0.15, -0.1) is 0 Å². The van der Waals surface area contributed by atoms with E-state index in [0.717, 1.165) is 24.4 Å². The number of fused-ring (bicyclic) bond motifs is 1. The number of aromatic amines is 1. The molecule has 2 aromatic heterocycles. The Kier molecular flexibility index (Phi) is 6.82. The fourth-order valence-electron chi connectivity index (χ4n) is 6.05. The first kappa shape index (κ1) is 25.5. The second kappa shape index (κ2) is 10.4. The van der Waals surface area contributed by atoms with E-state index in [4.69, 9.17) is 0 Å². The Balaban J connectivity index is 1.13. The molecular weight excluding hydrogens is 506 g/mol. The Labute approximate surface area is 224 Å². The zero-order valence-corrected chi connectivity index (χ0v) is 21.6. The summed E-state index contributed by atoms with van der Waals surface area (Å²) in [5.74, 6) is -1.84. The number of benzene rings is 1. The SMILES string of the molecule is O=C(NC1CCC(c2cccc(F)c2F)CN(CC2CC2)C1=O)N1CCC(n2c(=O)[nH]c3ncccc32)CC1. The second-order valence-corrected chi connectivity index (χ2v) is 11.0. The normalized spacial score (nSPS) is 22.8. The molecule has 1 aromatic carbocycles. The number of hydrogen-bond acceptors (Lipinski definition) is 4. The summed E-state index contributed by atoms with van der Waals surface area (Å²) < 4.78 is 30.3. The van der Waals surface area contributed by atoms with Crippen LogP contribution in [-0.2, 0) is 4.79 Å². The number of carbonyl (C=O) groups is 2. The second-order valence-electron chi connectivity index (χ2n) is 11.0. The van der Waals surface area contributed by atoms with E-state index in [1.807, 2.05) is 6.07 Å². The summed E-state index contributed by atoms with van der Waals surface area (Å²) in [6.07, 6.45) is 5.73. The molecule has 2 N–H and O–H groups in total. The van der Waals surface area contributed by atoms with Gasteiger partial charge in [-0.05, 0) is 68.2 Å². The number of carbonyl (C=O) groups excluding carboxylic acids is 2. The average Bonchev–Trinajstić information content (AvgIpc) is 3.71. The molecule has 2 saturated heterocycles. The van der Waals surface area contributed by atoms with E-state index in [2.05, 4.69) is 15.3 Å². The summed E-state index contributed by atoms with van der Waals surface area (Å²) >= 11 is 0. The van der Waals surface area contributed by atoms with Gasteiger partial charge in [0.05, 0.1) is 5.52 Å². The van der Waals surface area contributed by atoms with Crippen molar-refractivity contribution in [2.75, 3.05) is 26.2 Å². The maximum Gasteiger partial charge on any atom is 0.327 e. The first-order chi connectivity index (χ1) is 18.9. The van der Waals surface area contributed by atoms with E-state index in [-0.39, 0.29) is 35.2 Å². The largest absolute Gasteiger partial charge is 0.340 e. The van der Waals surface area contributed by atoms with Crippen LogP contribution in [0.5, 0.6) is 0 Å². The van der Waals surface area contributed by atoms with Crippen LogP contribution in [0, 0.1) is 17.6 Å². The smallest absolute Gasteiger partial charge is 0.327 e. The molecule has 3 fully saturated rings. The molecule has 6 rings (SSSR count). The quantitative estimate of drug-likeness (QED) is 0.519. The molecule has 2 atom stereocenters. The van der Waals surface area contributed by atoms with Crippen molar-refractivity contribution in [3.8, 4) is 0 Å². The Morgan fingerprint density at radius 2 is 1.82 bits per heavy atom. The third-order valence-electron chi connectivity index (χ3n) is 8.36. The zero-order chi connectivity index (χ0) is 27.1. The van der Waals surface area contributed by atoms with Crippen LogP contribution in [0.4, 0.5) is 13.6 Å². The van der Waals surface area contributed by atoms with Crippen molar-refractivity contribution >= 4 is 23.1 Å². The van der Waals surface area contributed by atoms with Gasteiger partial charge in [-0.2, -0.15) is 0 Å². The van der Waals surface area contributed by atoms with Crippen molar-refractivity contribution in [2.24, 2.45) is 5.92 Å². The number of aromatic nitrogens is 3. The fourth-order valence-corrected chi connectivity index (χ4v) is 6.05. The molecule has 3 aromatic rings. The molecule has 206 valence electrons. The highest BCUT2D eigenvalue weighted by atomic mass is 19.2. The summed E-state index contributed by atoms with van der Waals surface area (Å²) in [6.45, 7) is 1.76. The Morgan fingerprint density at radius 3 is 2.59 bits per heavy atom. The standard InChI is InChI=1S/C28H32F2N6O3/c29-21-4-1-3-20(24(21)30)18-8-9-22(26(37)35(16-18)15-17-6-7-17)32-27(38)34-13-10-19(11-14-34)36-23-5-2-12-31-25(23)33-28(36)39/h1-5,12,17-19,22H,6-11,13-16H2,(H,32,38)(H,31,33,39). The van der Waals surface area contributed by atoms with Gasteiger partial charge < -0.3 is 15.1 Å². The summed E-state index contributed by atoms with van der Waals surface area (Å²) in [7, 11) is 0. The van der Waals surface area contributed by atoms with Gasteiger partial charge >= 0.3 is 11.7 Å². The van der Waals surface area contributed by atoms with Crippen LogP contribution >= 0.6 is 0 Å². The molecule has 0 radical (unpaired) electrons. The first-order valence-corrected chi connectivity index (χ1v) is 13.7. The summed E-state index contributed by atoms with van der Waals surface area (Å²) in [4.78, 5) is 49.7. The number of hydrogen-bond donors (Lipinski definition) is 2. The van der Waals surface area contributed by atoms with Gasteiger partial charge in [0.1, 0.15) is 6.04 Å². The highest BCUT2D eigenvalue weighted by molar-refractivity contribution is 5.87. The molecule has 9 nitrogen and oxygen atoms in total. The van der Waals surface area contributed by atoms with Gasteiger partial charge in [-0.3, -0.25) is 14.3 Å². The fraction of sp³-hybridized carbons (Fsp3) is 0.500. The number of amides is 3. The predicted octanol–water partition coefficient (Wildman–Crippen LogP) is 3.53. The number of halogens is 2. The highest BCUT2D eigenvalue weighted by Gasteiger charge is 2.37. The minimum absolute atomic E-state index is 0.0602. The predicted molar refractivity (Wildman–Crippen MR) is 140 cm³/mol. The van der Waals surface area contributed by atoms with Crippen LogP contribution in [0.3, 0.4) is 0 Å². The Hall–Kier alpha value is -3.76. The number of likely N-dealkylation sites (tertiary alicyclic amines) is 2. The lowest BCUT2D eigenvalue weighted by Gasteiger charge is -2.34. The number of nitrogens with zero attached hydrogens (tertiary/aromatic N) is 4. The van der Waals surface area contributed by atoms with Crippen molar-refractivity contribution in [1.82, 2.24) is 29.7 Å². The maximum atomic E-state index is 14.6. The average molecular weight is 539 g/mol. The van der Waals surface area contributed by atoms with Gasteiger partial charge in [0.25, 0.3) is 0 Å². The van der Waals surface area contributed by atoms with Gasteiger partial charge in [0.15, 0.2) is 17.3 Å². The number of rotatable bonds is 5. The van der Waals surface area contributed by atoms with Gasteiger partial charge in [0.2, 0.25) is 5.91 Å². The number of imidazole rings is 1. The van der Waals surface area contributed by atoms with E-state index in [9.17, 15) is 23.2 Å². The lowest BCUT2D eigenvalue weighted by Crippen LogP contribution is -2.53. The van der Waals surface area contributed by atoms with Crippen molar-refractivity contribution < 1.29 is 18.4 Å². The molecule has 1 saturated carbocycles. The van der Waals surface area contributed by atoms with E-state index < -0.39 is 17.7 Å². The summed E-state index contributed by atoms with van der Waals surface area (Å²) in [5, 5.41) is 2.93. The molecule has 11 heteroatoms. The number of H-pyrrole nitrogens is 1. The Bertz CT molecular complexity index is 1440. The molecule has 2 aliphatic heterocycles. The van der Waals surface area contributed by atoms with Crippen LogP contribution < -0.4 is 11.0 Å². The summed E-state index contributed by atoms with van der Waals surface area (Å²) in [6, 6.07) is 6.72. The van der Waals surface area contributed by atoms with Crippen molar-refractivity contribution in [2.45, 2.75) is 56.5 Å². The highest BCUT2D eigenvalue weighted by Crippen LogP contribution is 2.34. The van der Waals surface area contributed by atoms with E-state index in [1.54, 1.807) is 32.7 Å². The van der Waals surface area contributed by atoms with Gasteiger partial charge in [-0.25, -0.2) is 23.4 Å². The molecule has 0 spiro atoms. The van der Waals surface area contributed by atoms with Crippen molar-refractivity contribution in [1.29, 1.82) is 0 Å². The van der Waals surface area contributed by atoms with E-state index in [1.165, 1.54) is 6.07 Å². The minimum Gasteiger partial charge on any atom is -0.340 e. The molecule has 0 bridgehead atoms. The number of nitrogens with one attached hydrogen (secondary N) is 2. The van der Waals surface area contributed by atoms with Gasteiger partial charge in [-0.1, -0.05) is 12.1 Å². The van der Waals surface area contributed by atoms with E-state index >= 15 is 0 Å². The van der Waals surface area contributed by atoms with Crippen molar-refractivity contribution in [3.63, 3.8) is 0 Å².